The van der Waals surface area contributed by atoms with Gasteiger partial charge in [0.15, 0.2) is 0 Å². The molecular formula is C11H21LiO. The van der Waals surface area contributed by atoms with Gasteiger partial charge in [0.2, 0.25) is 0 Å². The summed E-state index contributed by atoms with van der Waals surface area (Å²) in [5.74, 6) is 0.371. The van der Waals surface area contributed by atoms with Crippen LogP contribution in [-0.4, -0.2) is 5.60 Å². The Kier molecular flexibility index (Phi) is 6.38. The van der Waals surface area contributed by atoms with Crippen molar-refractivity contribution < 1.29 is 24.0 Å². The summed E-state index contributed by atoms with van der Waals surface area (Å²) < 4.78 is 0. The zero-order chi connectivity index (χ0) is 9.03. The predicted molar refractivity (Wildman–Crippen MR) is 49.9 cm³/mol. The van der Waals surface area contributed by atoms with Crippen LogP contribution in [0.3, 0.4) is 0 Å². The van der Waals surface area contributed by atoms with Crippen LogP contribution in [0, 0.1) is 5.92 Å². The second-order valence-corrected chi connectivity index (χ2v) is 4.29. The second kappa shape index (κ2) is 6.12. The molecule has 1 aliphatic rings. The Morgan fingerprint density at radius 1 is 1.15 bits per heavy atom. The molecule has 1 atom stereocenters. The van der Waals surface area contributed by atoms with E-state index < -0.39 is 5.60 Å². The van der Waals surface area contributed by atoms with Gasteiger partial charge in [-0.3, -0.25) is 0 Å². The van der Waals surface area contributed by atoms with E-state index in [1.807, 2.05) is 0 Å². The molecule has 1 aliphatic carbocycles. The van der Waals surface area contributed by atoms with Gasteiger partial charge in [-0.15, -0.1) is 5.60 Å². The Morgan fingerprint density at radius 2 is 1.62 bits per heavy atom. The second-order valence-electron chi connectivity index (χ2n) is 4.29. The molecule has 1 unspecified atom stereocenters. The standard InChI is InChI=1S/C11H21O.Li/c1-3-10(2)11(12)8-6-4-5-7-9-11;/h10H,3-9H2,1-2H3;/q-1;+1. The molecule has 0 aromatic heterocycles. The summed E-state index contributed by atoms with van der Waals surface area (Å²) in [4.78, 5) is 0. The fourth-order valence-electron chi connectivity index (χ4n) is 2.19. The van der Waals surface area contributed by atoms with Crippen LogP contribution in [-0.2, 0) is 0 Å². The Balaban J connectivity index is 0.00000144. The molecule has 1 saturated carbocycles. The van der Waals surface area contributed by atoms with Gasteiger partial charge >= 0.3 is 18.9 Å². The van der Waals surface area contributed by atoms with Crippen molar-refractivity contribution in [1.82, 2.24) is 0 Å². The van der Waals surface area contributed by atoms with Gasteiger partial charge in [-0.2, -0.15) is 0 Å². The van der Waals surface area contributed by atoms with Gasteiger partial charge in [-0.05, 0) is 0 Å². The first-order valence-corrected chi connectivity index (χ1v) is 5.39. The van der Waals surface area contributed by atoms with Crippen LogP contribution < -0.4 is 24.0 Å². The molecule has 0 amide bonds. The molecule has 0 saturated heterocycles. The Bertz CT molecular complexity index is 128. The van der Waals surface area contributed by atoms with Crippen LogP contribution in [0.25, 0.3) is 0 Å². The average molecular weight is 176 g/mol. The third-order valence-corrected chi connectivity index (χ3v) is 3.46. The number of hydrogen-bond acceptors (Lipinski definition) is 1. The first-order valence-electron chi connectivity index (χ1n) is 5.39. The molecule has 72 valence electrons. The molecular weight excluding hydrogens is 155 g/mol. The molecule has 2 heteroatoms. The SMILES string of the molecule is CCC(C)C1([O-])CCCCCC1.[Li+]. The molecule has 0 aromatic carbocycles. The Hall–Kier alpha value is 0.557. The van der Waals surface area contributed by atoms with Crippen molar-refractivity contribution >= 4 is 0 Å². The molecule has 1 nitrogen and oxygen atoms in total. The summed E-state index contributed by atoms with van der Waals surface area (Å²) in [6.45, 7) is 4.26. The molecule has 0 aliphatic heterocycles. The van der Waals surface area contributed by atoms with E-state index in [0.29, 0.717) is 5.92 Å². The monoisotopic (exact) mass is 176 g/mol. The molecule has 0 radical (unpaired) electrons. The van der Waals surface area contributed by atoms with Gasteiger partial charge in [-0.1, -0.05) is 64.7 Å². The summed E-state index contributed by atoms with van der Waals surface area (Å²) in [5, 5.41) is 12.3. The molecule has 0 N–H and O–H groups in total. The first-order chi connectivity index (χ1) is 5.69. The van der Waals surface area contributed by atoms with Crippen molar-refractivity contribution in [3.8, 4) is 0 Å². The van der Waals surface area contributed by atoms with Gasteiger partial charge in [-0.25, -0.2) is 0 Å². The predicted octanol–water partition coefficient (Wildman–Crippen LogP) is -0.510. The van der Waals surface area contributed by atoms with Crippen LogP contribution >= 0.6 is 0 Å². The largest absolute Gasteiger partial charge is 1.00 e. The van der Waals surface area contributed by atoms with E-state index in [9.17, 15) is 5.11 Å². The topological polar surface area (TPSA) is 23.1 Å². The zero-order valence-electron chi connectivity index (χ0n) is 9.44. The van der Waals surface area contributed by atoms with E-state index in [4.69, 9.17) is 0 Å². The van der Waals surface area contributed by atoms with Gasteiger partial charge in [0, 0.05) is 0 Å². The quantitative estimate of drug-likeness (QED) is 0.410. The summed E-state index contributed by atoms with van der Waals surface area (Å²) in [6.07, 6.45) is 7.76. The Morgan fingerprint density at radius 3 is 2.00 bits per heavy atom. The smallest absolute Gasteiger partial charge is 0.849 e. The van der Waals surface area contributed by atoms with Crippen LogP contribution in [0.2, 0.25) is 0 Å². The average Bonchev–Trinajstić information content (AvgIpc) is 2.29. The van der Waals surface area contributed by atoms with Crippen molar-refractivity contribution in [2.75, 3.05) is 0 Å². The van der Waals surface area contributed by atoms with Crippen molar-refractivity contribution in [2.45, 2.75) is 64.4 Å². The minimum atomic E-state index is -0.578. The van der Waals surface area contributed by atoms with E-state index in [2.05, 4.69) is 13.8 Å². The zero-order valence-corrected chi connectivity index (χ0v) is 9.44. The van der Waals surface area contributed by atoms with Crippen LogP contribution in [0.15, 0.2) is 0 Å². The maximum Gasteiger partial charge on any atom is 1.00 e. The Labute approximate surface area is 94.5 Å². The summed E-state index contributed by atoms with van der Waals surface area (Å²) in [6, 6.07) is 0. The van der Waals surface area contributed by atoms with E-state index in [1.165, 1.54) is 12.8 Å². The van der Waals surface area contributed by atoms with Crippen molar-refractivity contribution in [3.05, 3.63) is 0 Å². The summed E-state index contributed by atoms with van der Waals surface area (Å²) in [7, 11) is 0. The van der Waals surface area contributed by atoms with E-state index in [-0.39, 0.29) is 18.9 Å². The first kappa shape index (κ1) is 13.6. The molecule has 1 fully saturated rings. The minimum absolute atomic E-state index is 0. The van der Waals surface area contributed by atoms with Crippen LogP contribution in [0.4, 0.5) is 0 Å². The van der Waals surface area contributed by atoms with Gasteiger partial charge in [0.1, 0.15) is 0 Å². The van der Waals surface area contributed by atoms with Crippen LogP contribution in [0.1, 0.15) is 58.8 Å². The number of rotatable bonds is 2. The number of hydrogen-bond donors (Lipinski definition) is 0. The van der Waals surface area contributed by atoms with E-state index in [1.54, 1.807) is 0 Å². The maximum atomic E-state index is 12.3. The van der Waals surface area contributed by atoms with Crippen molar-refractivity contribution in [1.29, 1.82) is 0 Å². The summed E-state index contributed by atoms with van der Waals surface area (Å²) in [5.41, 5.74) is -0.578. The minimum Gasteiger partial charge on any atom is -0.849 e. The maximum absolute atomic E-state index is 12.3. The molecule has 0 bridgehead atoms. The van der Waals surface area contributed by atoms with Gasteiger partial charge in [0.25, 0.3) is 0 Å². The third-order valence-electron chi connectivity index (χ3n) is 3.46. The fourth-order valence-corrected chi connectivity index (χ4v) is 2.19. The van der Waals surface area contributed by atoms with Gasteiger partial charge in [0.05, 0.1) is 0 Å². The summed E-state index contributed by atoms with van der Waals surface area (Å²) >= 11 is 0. The molecule has 0 heterocycles. The molecule has 0 spiro atoms. The van der Waals surface area contributed by atoms with Gasteiger partial charge < -0.3 is 5.11 Å². The van der Waals surface area contributed by atoms with E-state index in [0.717, 1.165) is 32.1 Å². The normalized spacial score (nSPS) is 24.2. The molecule has 0 aromatic rings. The molecule has 13 heavy (non-hydrogen) atoms. The van der Waals surface area contributed by atoms with Crippen molar-refractivity contribution in [2.24, 2.45) is 5.92 Å². The molecule has 1 rings (SSSR count). The van der Waals surface area contributed by atoms with Crippen LogP contribution in [0.5, 0.6) is 0 Å². The van der Waals surface area contributed by atoms with Crippen molar-refractivity contribution in [3.63, 3.8) is 0 Å². The fraction of sp³-hybridized carbons (Fsp3) is 1.00. The van der Waals surface area contributed by atoms with E-state index >= 15 is 0 Å². The third kappa shape index (κ3) is 3.66.